The molecule has 3 aromatic carbocycles. The van der Waals surface area contributed by atoms with E-state index in [9.17, 15) is 0 Å². The van der Waals surface area contributed by atoms with Gasteiger partial charge in [0.1, 0.15) is 0 Å². The van der Waals surface area contributed by atoms with Gasteiger partial charge in [-0.15, -0.1) is 0 Å². The Bertz CT molecular complexity index is 704. The van der Waals surface area contributed by atoms with Crippen molar-refractivity contribution in [3.8, 4) is 0 Å². The van der Waals surface area contributed by atoms with Crippen LogP contribution in [0.5, 0.6) is 0 Å². The van der Waals surface area contributed by atoms with E-state index in [0.717, 1.165) is 23.7 Å². The molecule has 0 fully saturated rings. The maximum Gasteiger partial charge on any atom is 0.0406 e. The van der Waals surface area contributed by atoms with Crippen LogP contribution in [0.2, 0.25) is 5.02 Å². The smallest absolute Gasteiger partial charge is 0.0406 e. The molecule has 100 valence electrons. The van der Waals surface area contributed by atoms with Crippen molar-refractivity contribution in [1.29, 1.82) is 0 Å². The lowest BCUT2D eigenvalue weighted by molar-refractivity contribution is 1.02. The van der Waals surface area contributed by atoms with Crippen molar-refractivity contribution >= 4 is 28.1 Å². The van der Waals surface area contributed by atoms with E-state index in [1.807, 2.05) is 12.1 Å². The van der Waals surface area contributed by atoms with E-state index in [2.05, 4.69) is 59.9 Å². The topological polar surface area (TPSA) is 12.0 Å². The van der Waals surface area contributed by atoms with Gasteiger partial charge < -0.3 is 5.32 Å². The molecule has 0 aliphatic rings. The molecule has 0 saturated carbocycles. The van der Waals surface area contributed by atoms with Gasteiger partial charge in [0.2, 0.25) is 0 Å². The SMILES string of the molecule is Clc1ccc(CCNc2ccc3ccccc3c2)cc1. The zero-order valence-electron chi connectivity index (χ0n) is 11.1. The zero-order chi connectivity index (χ0) is 13.8. The van der Waals surface area contributed by atoms with Gasteiger partial charge in [-0.3, -0.25) is 0 Å². The fourth-order valence-corrected chi connectivity index (χ4v) is 2.43. The summed E-state index contributed by atoms with van der Waals surface area (Å²) in [5, 5.41) is 6.80. The predicted octanol–water partition coefficient (Wildman–Crippen LogP) is 5.15. The molecule has 0 aromatic heterocycles. The molecule has 0 spiro atoms. The largest absolute Gasteiger partial charge is 0.385 e. The molecule has 0 atom stereocenters. The van der Waals surface area contributed by atoms with Crippen molar-refractivity contribution < 1.29 is 0 Å². The first kappa shape index (κ1) is 13.0. The van der Waals surface area contributed by atoms with Crippen LogP contribution in [0.3, 0.4) is 0 Å². The predicted molar refractivity (Wildman–Crippen MR) is 87.6 cm³/mol. The lowest BCUT2D eigenvalue weighted by Gasteiger charge is -2.08. The number of halogens is 1. The molecule has 3 rings (SSSR count). The fourth-order valence-electron chi connectivity index (χ4n) is 2.30. The van der Waals surface area contributed by atoms with E-state index in [1.165, 1.54) is 16.3 Å². The number of hydrogen-bond donors (Lipinski definition) is 1. The summed E-state index contributed by atoms with van der Waals surface area (Å²) in [4.78, 5) is 0. The summed E-state index contributed by atoms with van der Waals surface area (Å²) >= 11 is 5.88. The molecule has 2 heteroatoms. The van der Waals surface area contributed by atoms with Gasteiger partial charge in [0, 0.05) is 17.3 Å². The Morgan fingerprint density at radius 1 is 0.800 bits per heavy atom. The third-order valence-electron chi connectivity index (χ3n) is 3.41. The van der Waals surface area contributed by atoms with Crippen molar-refractivity contribution in [1.82, 2.24) is 0 Å². The summed E-state index contributed by atoms with van der Waals surface area (Å²) in [6.07, 6.45) is 0.990. The summed E-state index contributed by atoms with van der Waals surface area (Å²) in [6, 6.07) is 22.9. The Morgan fingerprint density at radius 3 is 2.35 bits per heavy atom. The Kier molecular flexibility index (Phi) is 3.89. The third kappa shape index (κ3) is 3.12. The molecule has 3 aromatic rings. The highest BCUT2D eigenvalue weighted by Gasteiger charge is 1.97. The average molecular weight is 282 g/mol. The van der Waals surface area contributed by atoms with Crippen molar-refractivity contribution in [2.24, 2.45) is 0 Å². The highest BCUT2D eigenvalue weighted by Crippen LogP contribution is 2.19. The molecule has 1 nitrogen and oxygen atoms in total. The summed E-state index contributed by atoms with van der Waals surface area (Å²) in [5.41, 5.74) is 2.46. The Balaban J connectivity index is 1.63. The van der Waals surface area contributed by atoms with Gasteiger partial charge in [-0.2, -0.15) is 0 Å². The van der Waals surface area contributed by atoms with Crippen molar-refractivity contribution in [3.63, 3.8) is 0 Å². The van der Waals surface area contributed by atoms with Gasteiger partial charge in [-0.1, -0.05) is 54.1 Å². The standard InChI is InChI=1S/C18H16ClN/c19-17-8-5-14(6-9-17)11-12-20-18-10-7-15-3-1-2-4-16(15)13-18/h1-10,13,20H,11-12H2. The Hall–Kier alpha value is -1.99. The van der Waals surface area contributed by atoms with Crippen LogP contribution in [0.1, 0.15) is 5.56 Å². The minimum absolute atomic E-state index is 0.788. The van der Waals surface area contributed by atoms with E-state index < -0.39 is 0 Å². The molecule has 0 amide bonds. The molecule has 0 heterocycles. The lowest BCUT2D eigenvalue weighted by Crippen LogP contribution is -2.04. The Labute approximate surface area is 124 Å². The minimum atomic E-state index is 0.788. The van der Waals surface area contributed by atoms with Crippen molar-refractivity contribution in [2.45, 2.75) is 6.42 Å². The van der Waals surface area contributed by atoms with Crippen LogP contribution >= 0.6 is 11.6 Å². The summed E-state index contributed by atoms with van der Waals surface area (Å²) in [7, 11) is 0. The molecule has 0 saturated heterocycles. The van der Waals surface area contributed by atoms with Gasteiger partial charge in [0.25, 0.3) is 0 Å². The van der Waals surface area contributed by atoms with Gasteiger partial charge in [0.05, 0.1) is 0 Å². The second kappa shape index (κ2) is 5.98. The number of rotatable bonds is 4. The quantitative estimate of drug-likeness (QED) is 0.697. The molecular formula is C18H16ClN. The van der Waals surface area contributed by atoms with Crippen LogP contribution in [0.25, 0.3) is 10.8 Å². The fraction of sp³-hybridized carbons (Fsp3) is 0.111. The minimum Gasteiger partial charge on any atom is -0.385 e. The maximum atomic E-state index is 5.88. The zero-order valence-corrected chi connectivity index (χ0v) is 11.9. The van der Waals surface area contributed by atoms with Crippen molar-refractivity contribution in [2.75, 3.05) is 11.9 Å². The van der Waals surface area contributed by atoms with Gasteiger partial charge >= 0.3 is 0 Å². The van der Waals surface area contributed by atoms with Gasteiger partial charge in [0.15, 0.2) is 0 Å². The second-order valence-electron chi connectivity index (χ2n) is 4.87. The van der Waals surface area contributed by atoms with E-state index >= 15 is 0 Å². The monoisotopic (exact) mass is 281 g/mol. The normalized spacial score (nSPS) is 10.7. The molecule has 1 N–H and O–H groups in total. The lowest BCUT2D eigenvalue weighted by atomic mass is 10.1. The van der Waals surface area contributed by atoms with Crippen molar-refractivity contribution in [3.05, 3.63) is 77.3 Å². The Morgan fingerprint density at radius 2 is 1.55 bits per heavy atom. The number of nitrogens with one attached hydrogen (secondary N) is 1. The van der Waals surface area contributed by atoms with E-state index in [-0.39, 0.29) is 0 Å². The first-order valence-electron chi connectivity index (χ1n) is 6.78. The van der Waals surface area contributed by atoms with Crippen LogP contribution in [-0.4, -0.2) is 6.54 Å². The molecule has 0 aliphatic carbocycles. The number of fused-ring (bicyclic) bond motifs is 1. The second-order valence-corrected chi connectivity index (χ2v) is 5.30. The van der Waals surface area contributed by atoms with Gasteiger partial charge in [-0.05, 0) is 47.0 Å². The number of anilines is 1. The number of benzene rings is 3. The van der Waals surface area contributed by atoms with E-state index in [0.29, 0.717) is 0 Å². The van der Waals surface area contributed by atoms with E-state index in [4.69, 9.17) is 11.6 Å². The highest BCUT2D eigenvalue weighted by atomic mass is 35.5. The third-order valence-corrected chi connectivity index (χ3v) is 3.66. The first-order valence-corrected chi connectivity index (χ1v) is 7.16. The molecule has 0 bridgehead atoms. The molecule has 20 heavy (non-hydrogen) atoms. The molecule has 0 radical (unpaired) electrons. The first-order chi connectivity index (χ1) is 9.81. The summed E-state index contributed by atoms with van der Waals surface area (Å²) in [5.74, 6) is 0. The van der Waals surface area contributed by atoms with E-state index in [1.54, 1.807) is 0 Å². The van der Waals surface area contributed by atoms with Crippen LogP contribution in [-0.2, 0) is 6.42 Å². The van der Waals surface area contributed by atoms with Crippen LogP contribution in [0.4, 0.5) is 5.69 Å². The van der Waals surface area contributed by atoms with Crippen LogP contribution in [0.15, 0.2) is 66.7 Å². The molecule has 0 unspecified atom stereocenters. The molecular weight excluding hydrogens is 266 g/mol. The van der Waals surface area contributed by atoms with Crippen LogP contribution in [0, 0.1) is 0 Å². The maximum absolute atomic E-state index is 5.88. The highest BCUT2D eigenvalue weighted by molar-refractivity contribution is 6.30. The summed E-state index contributed by atoms with van der Waals surface area (Å²) < 4.78 is 0. The summed E-state index contributed by atoms with van der Waals surface area (Å²) in [6.45, 7) is 0.917. The number of hydrogen-bond acceptors (Lipinski definition) is 1. The molecule has 0 aliphatic heterocycles. The average Bonchev–Trinajstić information content (AvgIpc) is 2.49. The van der Waals surface area contributed by atoms with Crippen LogP contribution < -0.4 is 5.32 Å². The van der Waals surface area contributed by atoms with Gasteiger partial charge in [-0.25, -0.2) is 0 Å².